The number of hydrogen-bond donors (Lipinski definition) is 0. The highest BCUT2D eigenvalue weighted by molar-refractivity contribution is 7.07. The van der Waals surface area contributed by atoms with Crippen molar-refractivity contribution in [2.24, 2.45) is 5.41 Å². The quantitative estimate of drug-likeness (QED) is 0.694. The van der Waals surface area contributed by atoms with Crippen molar-refractivity contribution in [3.63, 3.8) is 0 Å². The molecular formula is C12H18O2S. The van der Waals surface area contributed by atoms with Crippen molar-refractivity contribution in [3.05, 3.63) is 22.4 Å². The van der Waals surface area contributed by atoms with Crippen molar-refractivity contribution in [2.75, 3.05) is 26.4 Å². The van der Waals surface area contributed by atoms with Crippen LogP contribution in [0.1, 0.15) is 18.9 Å². The summed E-state index contributed by atoms with van der Waals surface area (Å²) in [4.78, 5) is 0. The minimum absolute atomic E-state index is 0.328. The van der Waals surface area contributed by atoms with Crippen LogP contribution in [-0.4, -0.2) is 26.4 Å². The van der Waals surface area contributed by atoms with E-state index in [4.69, 9.17) is 9.47 Å². The van der Waals surface area contributed by atoms with Crippen LogP contribution in [0, 0.1) is 5.41 Å². The molecule has 0 radical (unpaired) electrons. The summed E-state index contributed by atoms with van der Waals surface area (Å²) in [5.74, 6) is 0. The zero-order chi connectivity index (χ0) is 10.6. The minimum atomic E-state index is 0.328. The zero-order valence-electron chi connectivity index (χ0n) is 9.20. The lowest BCUT2D eigenvalue weighted by atomic mass is 9.84. The van der Waals surface area contributed by atoms with Crippen molar-refractivity contribution < 1.29 is 9.47 Å². The lowest BCUT2D eigenvalue weighted by molar-refractivity contribution is -0.149. The fourth-order valence-electron chi connectivity index (χ4n) is 1.69. The van der Waals surface area contributed by atoms with Gasteiger partial charge < -0.3 is 9.47 Å². The molecule has 1 fully saturated rings. The first-order chi connectivity index (χ1) is 7.35. The molecule has 1 aromatic rings. The van der Waals surface area contributed by atoms with Crippen LogP contribution in [0.25, 0.3) is 0 Å². The van der Waals surface area contributed by atoms with Gasteiger partial charge in [-0.15, -0.1) is 0 Å². The summed E-state index contributed by atoms with van der Waals surface area (Å²) in [6.45, 7) is 5.65. The van der Waals surface area contributed by atoms with Gasteiger partial charge in [0.15, 0.2) is 0 Å². The van der Waals surface area contributed by atoms with Crippen LogP contribution >= 0.6 is 11.3 Å². The van der Waals surface area contributed by atoms with Gasteiger partial charge in [-0.05, 0) is 35.2 Å². The molecule has 0 amide bonds. The predicted molar refractivity (Wildman–Crippen MR) is 62.4 cm³/mol. The van der Waals surface area contributed by atoms with Gasteiger partial charge in [0.25, 0.3) is 0 Å². The van der Waals surface area contributed by atoms with Gasteiger partial charge in [-0.3, -0.25) is 0 Å². The monoisotopic (exact) mass is 226 g/mol. The van der Waals surface area contributed by atoms with Gasteiger partial charge in [-0.2, -0.15) is 11.3 Å². The molecule has 1 saturated heterocycles. The van der Waals surface area contributed by atoms with E-state index < -0.39 is 0 Å². The molecule has 84 valence electrons. The first-order valence-corrected chi connectivity index (χ1v) is 6.45. The molecule has 2 heterocycles. The van der Waals surface area contributed by atoms with E-state index in [1.807, 2.05) is 0 Å². The van der Waals surface area contributed by atoms with Crippen LogP contribution in [0.15, 0.2) is 16.8 Å². The van der Waals surface area contributed by atoms with Crippen molar-refractivity contribution in [2.45, 2.75) is 19.8 Å². The minimum Gasteiger partial charge on any atom is -0.380 e. The summed E-state index contributed by atoms with van der Waals surface area (Å²) >= 11 is 1.75. The van der Waals surface area contributed by atoms with Crippen LogP contribution < -0.4 is 0 Å². The van der Waals surface area contributed by atoms with E-state index in [0.717, 1.165) is 39.3 Å². The Morgan fingerprint density at radius 1 is 1.53 bits per heavy atom. The van der Waals surface area contributed by atoms with E-state index in [9.17, 15) is 0 Å². The molecule has 15 heavy (non-hydrogen) atoms. The van der Waals surface area contributed by atoms with Crippen LogP contribution in [0.3, 0.4) is 0 Å². The lowest BCUT2D eigenvalue weighted by Crippen LogP contribution is -2.45. The summed E-state index contributed by atoms with van der Waals surface area (Å²) in [5, 5.41) is 4.30. The molecule has 2 rings (SSSR count). The summed E-state index contributed by atoms with van der Waals surface area (Å²) < 4.78 is 11.0. The summed E-state index contributed by atoms with van der Waals surface area (Å²) in [7, 11) is 0. The molecular weight excluding hydrogens is 208 g/mol. The molecule has 0 bridgehead atoms. The van der Waals surface area contributed by atoms with Crippen LogP contribution in [-0.2, 0) is 15.9 Å². The largest absolute Gasteiger partial charge is 0.380 e. The van der Waals surface area contributed by atoms with Gasteiger partial charge in [-0.1, -0.05) is 6.92 Å². The van der Waals surface area contributed by atoms with Crippen molar-refractivity contribution in [1.82, 2.24) is 0 Å². The summed E-state index contributed by atoms with van der Waals surface area (Å²) in [6.07, 6.45) is 2.19. The maximum Gasteiger partial charge on any atom is 0.0566 e. The maximum absolute atomic E-state index is 5.73. The first kappa shape index (κ1) is 11.1. The Bertz CT molecular complexity index is 272. The van der Waals surface area contributed by atoms with Crippen molar-refractivity contribution in [3.8, 4) is 0 Å². The number of rotatable bonds is 6. The third-order valence-electron chi connectivity index (χ3n) is 3.09. The Kier molecular flexibility index (Phi) is 3.78. The van der Waals surface area contributed by atoms with Gasteiger partial charge in [0.1, 0.15) is 0 Å². The van der Waals surface area contributed by atoms with E-state index in [-0.39, 0.29) is 0 Å². The van der Waals surface area contributed by atoms with E-state index >= 15 is 0 Å². The van der Waals surface area contributed by atoms with Crippen molar-refractivity contribution >= 4 is 11.3 Å². The average Bonchev–Trinajstić information content (AvgIpc) is 2.68. The SMILES string of the molecule is CCC1(COCCc2ccsc2)COC1. The van der Waals surface area contributed by atoms with Gasteiger partial charge >= 0.3 is 0 Å². The first-order valence-electron chi connectivity index (χ1n) is 5.51. The molecule has 1 aliphatic rings. The third-order valence-corrected chi connectivity index (χ3v) is 3.82. The van der Waals surface area contributed by atoms with Gasteiger partial charge in [0.2, 0.25) is 0 Å². The Balaban J connectivity index is 1.62. The Labute approximate surface area is 95.2 Å². The van der Waals surface area contributed by atoms with Gasteiger partial charge in [0.05, 0.1) is 26.4 Å². The molecule has 0 unspecified atom stereocenters. The van der Waals surface area contributed by atoms with E-state index in [0.29, 0.717) is 5.41 Å². The van der Waals surface area contributed by atoms with Gasteiger partial charge in [-0.25, -0.2) is 0 Å². The smallest absolute Gasteiger partial charge is 0.0566 e. The Morgan fingerprint density at radius 2 is 2.40 bits per heavy atom. The third kappa shape index (κ3) is 2.80. The van der Waals surface area contributed by atoms with Gasteiger partial charge in [0, 0.05) is 5.41 Å². The Hall–Kier alpha value is -0.380. The fraction of sp³-hybridized carbons (Fsp3) is 0.667. The second-order valence-electron chi connectivity index (χ2n) is 4.28. The molecule has 0 aliphatic carbocycles. The number of ether oxygens (including phenoxy) is 2. The fourth-order valence-corrected chi connectivity index (χ4v) is 2.40. The van der Waals surface area contributed by atoms with E-state index in [1.54, 1.807) is 11.3 Å². The highest BCUT2D eigenvalue weighted by Crippen LogP contribution is 2.31. The maximum atomic E-state index is 5.73. The summed E-state index contributed by atoms with van der Waals surface area (Å²) in [6, 6.07) is 2.16. The average molecular weight is 226 g/mol. The van der Waals surface area contributed by atoms with Crippen LogP contribution in [0.2, 0.25) is 0 Å². The molecule has 3 heteroatoms. The molecule has 0 atom stereocenters. The topological polar surface area (TPSA) is 18.5 Å². The van der Waals surface area contributed by atoms with Crippen LogP contribution in [0.4, 0.5) is 0 Å². The normalized spacial score (nSPS) is 18.7. The second-order valence-corrected chi connectivity index (χ2v) is 5.06. The number of hydrogen-bond acceptors (Lipinski definition) is 3. The Morgan fingerprint density at radius 3 is 2.93 bits per heavy atom. The highest BCUT2D eigenvalue weighted by Gasteiger charge is 2.36. The second kappa shape index (κ2) is 5.10. The molecule has 0 aromatic carbocycles. The molecule has 0 N–H and O–H groups in total. The number of thiophene rings is 1. The van der Waals surface area contributed by atoms with Crippen molar-refractivity contribution in [1.29, 1.82) is 0 Å². The molecule has 0 saturated carbocycles. The predicted octanol–water partition coefficient (Wildman–Crippen LogP) is 2.73. The standard InChI is InChI=1S/C12H18O2S/c1-2-12(9-14-10-12)8-13-5-3-11-4-6-15-7-11/h4,6-7H,2-3,5,8-10H2,1H3. The van der Waals surface area contributed by atoms with E-state index in [1.165, 1.54) is 5.56 Å². The summed E-state index contributed by atoms with van der Waals surface area (Å²) in [5.41, 5.74) is 1.71. The lowest BCUT2D eigenvalue weighted by Gasteiger charge is -2.40. The molecule has 1 aliphatic heterocycles. The molecule has 2 nitrogen and oxygen atoms in total. The van der Waals surface area contributed by atoms with E-state index in [2.05, 4.69) is 23.8 Å². The van der Waals surface area contributed by atoms with Crippen LogP contribution in [0.5, 0.6) is 0 Å². The molecule has 1 aromatic heterocycles. The molecule has 0 spiro atoms. The zero-order valence-corrected chi connectivity index (χ0v) is 10.0. The highest BCUT2D eigenvalue weighted by atomic mass is 32.1.